The van der Waals surface area contributed by atoms with Crippen molar-refractivity contribution in [3.63, 3.8) is 0 Å². The molecule has 2 heterocycles. The Hall–Kier alpha value is -4.26. The number of halogens is 4. The molecule has 2 N–H and O–H groups in total. The van der Waals surface area contributed by atoms with Crippen molar-refractivity contribution in [2.75, 3.05) is 29.6 Å². The van der Waals surface area contributed by atoms with E-state index in [2.05, 4.69) is 25.4 Å². The van der Waals surface area contributed by atoms with E-state index in [1.807, 2.05) is 45.0 Å². The smallest absolute Gasteiger partial charge is 0.405 e. The third-order valence-corrected chi connectivity index (χ3v) is 5.61. The minimum atomic E-state index is -5.31. The molecule has 0 fully saturated rings. The lowest BCUT2D eigenvalue weighted by atomic mass is 10.1. The first kappa shape index (κ1) is 25.8. The quantitative estimate of drug-likeness (QED) is 0.361. The highest BCUT2D eigenvalue weighted by molar-refractivity contribution is 6.32. The van der Waals surface area contributed by atoms with Gasteiger partial charge in [-0.05, 0) is 55.3 Å². The highest BCUT2D eigenvalue weighted by Gasteiger charge is 2.42. The van der Waals surface area contributed by atoms with Gasteiger partial charge in [-0.25, -0.2) is 14.6 Å². The lowest BCUT2D eigenvalue weighted by Gasteiger charge is -2.19. The minimum Gasteiger partial charge on any atom is -0.405 e. The Morgan fingerprint density at radius 1 is 1.14 bits per heavy atom. The van der Waals surface area contributed by atoms with E-state index in [0.29, 0.717) is 0 Å². The summed E-state index contributed by atoms with van der Waals surface area (Å²) in [6.45, 7) is 4.01. The molecule has 194 valence electrons. The number of nitrogens with one attached hydrogen (secondary N) is 2. The second-order valence-corrected chi connectivity index (χ2v) is 8.60. The van der Waals surface area contributed by atoms with Gasteiger partial charge in [0.1, 0.15) is 10.5 Å². The van der Waals surface area contributed by atoms with Crippen LogP contribution in [0.1, 0.15) is 11.1 Å². The number of benzene rings is 2. The first-order valence-electron chi connectivity index (χ1n) is 10.6. The van der Waals surface area contributed by atoms with Gasteiger partial charge in [0.25, 0.3) is 0 Å². The predicted molar refractivity (Wildman–Crippen MR) is 132 cm³/mol. The van der Waals surface area contributed by atoms with Gasteiger partial charge in [0.15, 0.2) is 11.4 Å². The zero-order chi connectivity index (χ0) is 27.1. The van der Waals surface area contributed by atoms with Gasteiger partial charge in [-0.15, -0.1) is 0 Å². The summed E-state index contributed by atoms with van der Waals surface area (Å²) in [7, 11) is 3.87. The second kappa shape index (κ2) is 9.65. The van der Waals surface area contributed by atoms with Gasteiger partial charge in [0.05, 0.1) is 6.20 Å². The van der Waals surface area contributed by atoms with Crippen molar-refractivity contribution in [2.24, 2.45) is 0 Å². The summed E-state index contributed by atoms with van der Waals surface area (Å²) in [6, 6.07) is 7.91. The maximum atomic E-state index is 12.6. The van der Waals surface area contributed by atoms with Crippen LogP contribution in [0.2, 0.25) is 5.02 Å². The molecule has 0 unspecified atom stereocenters. The number of rotatable bonds is 6. The molecule has 14 heteroatoms. The highest BCUT2D eigenvalue weighted by atomic mass is 35.5. The van der Waals surface area contributed by atoms with Crippen molar-refractivity contribution >= 4 is 57.5 Å². The molecular weight excluding hydrogens is 517 g/mol. The number of fused-ring (bicyclic) bond motifs is 1. The maximum absolute atomic E-state index is 12.6. The summed E-state index contributed by atoms with van der Waals surface area (Å²) in [5.74, 6) is -3.49. The van der Waals surface area contributed by atoms with E-state index in [0.717, 1.165) is 22.5 Å². The largest absolute Gasteiger partial charge is 0.493 e. The standard InChI is InChI=1S/C23H20ClF3N6O4/c1-11-7-14(9-16(12(11)2)32(3)4)30-21-28-10-15(24)19(31-21)29-13-5-6-18-17(8-13)33(22(35)36-18)37-20(34)23(25,26)27/h5-10H,1-4H3,(H2,28,29,30,31). The Kier molecular flexibility index (Phi) is 6.74. The summed E-state index contributed by atoms with van der Waals surface area (Å²) in [5.41, 5.74) is 3.89. The van der Waals surface area contributed by atoms with Crippen molar-refractivity contribution in [1.29, 1.82) is 0 Å². The summed E-state index contributed by atoms with van der Waals surface area (Å²) < 4.78 is 42.8. The average molecular weight is 537 g/mol. The van der Waals surface area contributed by atoms with Crippen molar-refractivity contribution in [2.45, 2.75) is 20.0 Å². The van der Waals surface area contributed by atoms with Crippen LogP contribution >= 0.6 is 11.6 Å². The van der Waals surface area contributed by atoms with Crippen LogP contribution in [-0.2, 0) is 4.79 Å². The molecule has 0 aliphatic heterocycles. The lowest BCUT2D eigenvalue weighted by Crippen LogP contribution is -2.36. The lowest BCUT2D eigenvalue weighted by molar-refractivity contribution is -0.200. The van der Waals surface area contributed by atoms with Crippen LogP contribution in [0.25, 0.3) is 11.1 Å². The fourth-order valence-electron chi connectivity index (χ4n) is 3.45. The zero-order valence-corrected chi connectivity index (χ0v) is 20.7. The molecule has 0 spiro atoms. The fourth-order valence-corrected chi connectivity index (χ4v) is 3.59. The van der Waals surface area contributed by atoms with Gasteiger partial charge in [-0.3, -0.25) is 0 Å². The van der Waals surface area contributed by atoms with E-state index < -0.39 is 17.9 Å². The predicted octanol–water partition coefficient (Wildman–Crippen LogP) is 4.73. The Morgan fingerprint density at radius 2 is 1.86 bits per heavy atom. The number of aryl methyl sites for hydroxylation is 1. The zero-order valence-electron chi connectivity index (χ0n) is 19.9. The number of oxazole rings is 1. The molecule has 0 amide bonds. The molecule has 0 saturated heterocycles. The first-order chi connectivity index (χ1) is 17.3. The molecule has 0 atom stereocenters. The topological polar surface area (TPSA) is 115 Å². The van der Waals surface area contributed by atoms with Crippen LogP contribution in [0, 0.1) is 13.8 Å². The number of hydrogen-bond acceptors (Lipinski definition) is 9. The van der Waals surface area contributed by atoms with Crippen LogP contribution in [0.4, 0.5) is 42.0 Å². The van der Waals surface area contributed by atoms with Gasteiger partial charge in [0.2, 0.25) is 5.95 Å². The molecule has 0 aliphatic rings. The Labute approximate surface area is 212 Å². The molecule has 4 aromatic rings. The molecule has 0 radical (unpaired) electrons. The average Bonchev–Trinajstić information content (AvgIpc) is 3.12. The number of hydrogen-bond donors (Lipinski definition) is 2. The SMILES string of the molecule is Cc1cc(Nc2ncc(Cl)c(Nc3ccc4oc(=O)n(OC(=O)C(F)(F)F)c4c3)n2)cc(N(C)C)c1C. The van der Waals surface area contributed by atoms with E-state index in [1.165, 1.54) is 24.4 Å². The Bertz CT molecular complexity index is 1560. The van der Waals surface area contributed by atoms with Crippen LogP contribution in [0.3, 0.4) is 0 Å². The van der Waals surface area contributed by atoms with Gasteiger partial charge < -0.3 is 24.8 Å². The van der Waals surface area contributed by atoms with E-state index in [-0.39, 0.29) is 38.3 Å². The van der Waals surface area contributed by atoms with Gasteiger partial charge >= 0.3 is 17.9 Å². The molecule has 0 saturated carbocycles. The van der Waals surface area contributed by atoms with E-state index >= 15 is 0 Å². The summed E-state index contributed by atoms with van der Waals surface area (Å²) in [6.07, 6.45) is -3.94. The van der Waals surface area contributed by atoms with Crippen molar-refractivity contribution in [3.05, 3.63) is 63.2 Å². The highest BCUT2D eigenvalue weighted by Crippen LogP contribution is 2.30. The van der Waals surface area contributed by atoms with Crippen LogP contribution in [0.15, 0.2) is 45.7 Å². The van der Waals surface area contributed by atoms with Crippen molar-refractivity contribution in [3.8, 4) is 0 Å². The molecule has 0 bridgehead atoms. The van der Waals surface area contributed by atoms with Gasteiger partial charge in [0, 0.05) is 31.2 Å². The van der Waals surface area contributed by atoms with Gasteiger partial charge in [-0.2, -0.15) is 18.2 Å². The third-order valence-electron chi connectivity index (χ3n) is 5.33. The molecule has 2 aromatic carbocycles. The number of carbonyl (C=O) groups is 1. The second-order valence-electron chi connectivity index (χ2n) is 8.19. The minimum absolute atomic E-state index is 0.104. The molecule has 2 aromatic heterocycles. The van der Waals surface area contributed by atoms with E-state index in [1.54, 1.807) is 0 Å². The number of anilines is 5. The number of carbonyl (C=O) groups excluding carboxylic acids is 1. The molecule has 10 nitrogen and oxygen atoms in total. The molecule has 37 heavy (non-hydrogen) atoms. The van der Waals surface area contributed by atoms with Crippen molar-refractivity contribution in [1.82, 2.24) is 14.7 Å². The first-order valence-corrected chi connectivity index (χ1v) is 11.0. The summed E-state index contributed by atoms with van der Waals surface area (Å²) >= 11 is 6.24. The summed E-state index contributed by atoms with van der Waals surface area (Å²) in [4.78, 5) is 37.9. The van der Waals surface area contributed by atoms with Crippen LogP contribution in [-0.4, -0.2) is 40.9 Å². The van der Waals surface area contributed by atoms with Crippen LogP contribution < -0.4 is 26.1 Å². The van der Waals surface area contributed by atoms with E-state index in [9.17, 15) is 22.8 Å². The van der Waals surface area contributed by atoms with Gasteiger partial charge in [-0.1, -0.05) is 16.3 Å². The molecular formula is C23H20ClF3N6O4. The Balaban J connectivity index is 1.63. The molecule has 0 aliphatic carbocycles. The van der Waals surface area contributed by atoms with Crippen LogP contribution in [0.5, 0.6) is 0 Å². The van der Waals surface area contributed by atoms with E-state index in [4.69, 9.17) is 16.0 Å². The Morgan fingerprint density at radius 3 is 2.54 bits per heavy atom. The fraction of sp³-hybridized carbons (Fsp3) is 0.217. The summed E-state index contributed by atoms with van der Waals surface area (Å²) in [5, 5.41) is 6.18. The number of alkyl halides is 3. The number of nitrogens with zero attached hydrogens (tertiary/aromatic N) is 4. The molecule has 4 rings (SSSR count). The maximum Gasteiger partial charge on any atom is 0.493 e. The monoisotopic (exact) mass is 536 g/mol. The number of aromatic nitrogens is 3. The van der Waals surface area contributed by atoms with Crippen molar-refractivity contribution < 1.29 is 27.2 Å². The third kappa shape index (κ3) is 5.45. The normalized spacial score (nSPS) is 11.5.